The van der Waals surface area contributed by atoms with E-state index in [4.69, 9.17) is 0 Å². The van der Waals surface area contributed by atoms with E-state index in [0.717, 1.165) is 0 Å². The fourth-order valence-corrected chi connectivity index (χ4v) is 7.44. The van der Waals surface area contributed by atoms with Crippen LogP contribution < -0.4 is 0 Å². The van der Waals surface area contributed by atoms with E-state index in [1.165, 1.54) is 0 Å². The van der Waals surface area contributed by atoms with Crippen LogP contribution in [0.3, 0.4) is 0 Å². The zero-order chi connectivity index (χ0) is 5.11. The Balaban J connectivity index is 2.76. The van der Waals surface area contributed by atoms with Crippen LogP contribution in [0.25, 0.3) is 0 Å². The van der Waals surface area contributed by atoms with E-state index in [-0.39, 0.29) is 20.6 Å². The summed E-state index contributed by atoms with van der Waals surface area (Å²) in [5, 5.41) is 0.406. The van der Waals surface area contributed by atoms with Crippen LogP contribution in [0.5, 0.6) is 0 Å². The topological polar surface area (TPSA) is 0 Å². The molecule has 1 aromatic heterocycles. The van der Waals surface area contributed by atoms with Crippen LogP contribution in [0.15, 0.2) is 23.7 Å². The first-order valence-electron chi connectivity index (χ1n) is 2.54. The molecule has 38 valence electrons. The van der Waals surface area contributed by atoms with E-state index in [9.17, 15) is 0 Å². The molecule has 1 heterocycles. The van der Waals surface area contributed by atoms with Gasteiger partial charge in [-0.05, 0) is 0 Å². The molecule has 0 radical (unpaired) electrons. The fourth-order valence-electron chi connectivity index (χ4n) is 0.581. The average Bonchev–Trinajstić information content (AvgIpc) is 2.14. The summed E-state index contributed by atoms with van der Waals surface area (Å²) in [5.74, 6) is 4.76. The summed E-state index contributed by atoms with van der Waals surface area (Å²) in [6.45, 7) is 0. The first-order valence-corrected chi connectivity index (χ1v) is 13.7. The Hall–Kier alpha value is 0.579. The first kappa shape index (κ1) is 5.71. The molecule has 0 nitrogen and oxygen atoms in total. The molecule has 0 spiro atoms. The van der Waals surface area contributed by atoms with E-state index < -0.39 is 0 Å². The van der Waals surface area contributed by atoms with Gasteiger partial charge in [0, 0.05) is 0 Å². The Labute approximate surface area is 54.6 Å². The number of hydrogen-bond acceptors (Lipinski definition) is 0. The fraction of sp³-hybridized carbons (Fsp3) is 0.200. The minimum atomic E-state index is -0.244. The van der Waals surface area contributed by atoms with Crippen molar-refractivity contribution < 1.29 is 0 Å². The van der Waals surface area contributed by atoms with Gasteiger partial charge < -0.3 is 0 Å². The zero-order valence-electron chi connectivity index (χ0n) is 4.46. The summed E-state index contributed by atoms with van der Waals surface area (Å²) >= 11 is -0.244. The van der Waals surface area contributed by atoms with Crippen LogP contribution in [-0.4, -0.2) is 20.6 Å². The van der Waals surface area contributed by atoms with Gasteiger partial charge in [0.05, 0.1) is 0 Å². The monoisotopic (exact) mass is 220 g/mol. The third kappa shape index (κ3) is 1.50. The van der Waals surface area contributed by atoms with Gasteiger partial charge in [0.15, 0.2) is 0 Å². The predicted octanol–water partition coefficient (Wildman–Crippen LogP) is 1.65. The third-order valence-electron chi connectivity index (χ3n) is 1.03. The van der Waals surface area contributed by atoms with Gasteiger partial charge in [-0.3, -0.25) is 0 Å². The Kier molecular flexibility index (Phi) is 2.27. The van der Waals surface area contributed by atoms with Gasteiger partial charge in [-0.25, -0.2) is 0 Å². The van der Waals surface area contributed by atoms with Crippen LogP contribution in [0, 0.1) is 0 Å². The Morgan fingerprint density at radius 2 is 1.86 bits per heavy atom. The van der Waals surface area contributed by atoms with Crippen LogP contribution in [-0.2, 0) is 0 Å². The summed E-state index contributed by atoms with van der Waals surface area (Å²) in [7, 11) is 0. The van der Waals surface area contributed by atoms with Crippen molar-refractivity contribution in [2.45, 2.75) is 4.94 Å². The van der Waals surface area contributed by atoms with Crippen LogP contribution in [0.4, 0.5) is 0 Å². The summed E-state index contributed by atoms with van der Waals surface area (Å²) in [6.07, 6.45) is 0. The standard InChI is InChI=1S/C4H4P.CH3.Sn.2H/c1-2-4-5-3-1;;;;/h1-4H;1H3;;;/q-1;;+1;;. The Morgan fingerprint density at radius 1 is 1.29 bits per heavy atom. The summed E-state index contributed by atoms with van der Waals surface area (Å²) < 4.78 is 0. The molecule has 0 fully saturated rings. The van der Waals surface area contributed by atoms with E-state index in [1.54, 1.807) is 0 Å². The molecule has 7 heavy (non-hydrogen) atoms. The molecular weight excluding hydrogens is 210 g/mol. The minimum absolute atomic E-state index is 0.244. The molecule has 1 rings (SSSR count). The Bertz CT molecular complexity index is 123. The normalized spacial score (nSPS) is 11.0. The summed E-state index contributed by atoms with van der Waals surface area (Å²) in [4.78, 5) is 2.44. The average molecular weight is 219 g/mol. The molecule has 0 aliphatic carbocycles. The maximum atomic E-state index is 2.44. The summed E-state index contributed by atoms with van der Waals surface area (Å²) in [5.41, 5.74) is 0. The van der Waals surface area contributed by atoms with Crippen LogP contribution >= 0.6 is 5.19 Å². The predicted molar refractivity (Wildman–Crippen MR) is 39.0 cm³/mol. The van der Waals surface area contributed by atoms with Gasteiger partial charge in [0.25, 0.3) is 0 Å². The molecule has 0 saturated carbocycles. The van der Waals surface area contributed by atoms with E-state index in [2.05, 4.69) is 28.7 Å². The molecule has 0 saturated heterocycles. The SMILES string of the molecule is [CH3][SnH2][p]1cccc1. The molecule has 1 aromatic rings. The van der Waals surface area contributed by atoms with Gasteiger partial charge in [-0.2, -0.15) is 0 Å². The Morgan fingerprint density at radius 3 is 2.14 bits per heavy atom. The van der Waals surface area contributed by atoms with Crippen molar-refractivity contribution in [2.75, 3.05) is 0 Å². The second kappa shape index (κ2) is 2.78. The molecule has 0 aliphatic rings. The quantitative estimate of drug-likeness (QED) is 0.629. The third-order valence-corrected chi connectivity index (χ3v) is 12.7. The molecule has 0 bridgehead atoms. The van der Waals surface area contributed by atoms with Crippen molar-refractivity contribution >= 4 is 25.8 Å². The number of hydrogen-bond donors (Lipinski definition) is 0. The van der Waals surface area contributed by atoms with E-state index >= 15 is 0 Å². The molecule has 0 atom stereocenters. The first-order chi connectivity index (χ1) is 3.43. The van der Waals surface area contributed by atoms with Gasteiger partial charge >= 0.3 is 54.4 Å². The van der Waals surface area contributed by atoms with Crippen molar-refractivity contribution in [1.82, 2.24) is 0 Å². The van der Waals surface area contributed by atoms with Crippen molar-refractivity contribution in [1.29, 1.82) is 0 Å². The van der Waals surface area contributed by atoms with Crippen molar-refractivity contribution in [3.8, 4) is 0 Å². The van der Waals surface area contributed by atoms with Crippen LogP contribution in [0.1, 0.15) is 0 Å². The van der Waals surface area contributed by atoms with E-state index in [0.29, 0.717) is 5.19 Å². The molecule has 2 heteroatoms. The molecule has 0 N–H and O–H groups in total. The van der Waals surface area contributed by atoms with Crippen molar-refractivity contribution in [3.05, 3.63) is 23.7 Å². The summed E-state index contributed by atoms with van der Waals surface area (Å²) in [6, 6.07) is 4.37. The van der Waals surface area contributed by atoms with Gasteiger partial charge in [0.1, 0.15) is 0 Å². The zero-order valence-corrected chi connectivity index (χ0v) is 9.39. The van der Waals surface area contributed by atoms with Crippen molar-refractivity contribution in [3.63, 3.8) is 0 Å². The molecule has 0 aromatic carbocycles. The molecule has 0 aliphatic heterocycles. The molecule has 0 unspecified atom stereocenters. The second-order valence-corrected chi connectivity index (χ2v) is 15.4. The van der Waals surface area contributed by atoms with Crippen molar-refractivity contribution in [2.24, 2.45) is 0 Å². The van der Waals surface area contributed by atoms with E-state index in [1.807, 2.05) is 0 Å². The van der Waals surface area contributed by atoms with Gasteiger partial charge in [-0.15, -0.1) is 0 Å². The van der Waals surface area contributed by atoms with Crippen LogP contribution in [0.2, 0.25) is 4.94 Å². The molecule has 0 amide bonds. The second-order valence-electron chi connectivity index (χ2n) is 1.51. The maximum absolute atomic E-state index is 2.44. The molecular formula is C5H9PSn. The number of rotatable bonds is 1. The van der Waals surface area contributed by atoms with Gasteiger partial charge in [0.2, 0.25) is 0 Å². The van der Waals surface area contributed by atoms with Gasteiger partial charge in [-0.1, -0.05) is 0 Å².